The van der Waals surface area contributed by atoms with Gasteiger partial charge in [-0.2, -0.15) is 9.97 Å². The number of imidazole rings is 1. The number of hydrogen-bond donors (Lipinski definition) is 2. The van der Waals surface area contributed by atoms with Crippen LogP contribution in [0.5, 0.6) is 6.01 Å². The van der Waals surface area contributed by atoms with E-state index >= 15 is 0 Å². The number of ether oxygens (including phenoxy) is 4. The molecule has 15 heteroatoms. The normalized spacial score (nSPS) is 22.1. The van der Waals surface area contributed by atoms with Crippen LogP contribution in [0.15, 0.2) is 66.0 Å². The van der Waals surface area contributed by atoms with Crippen LogP contribution < -0.4 is 15.8 Å². The van der Waals surface area contributed by atoms with Crippen molar-refractivity contribution in [2.24, 2.45) is 0 Å². The number of nitrogens with two attached hydrogens (primary N) is 1. The average Bonchev–Trinajstić information content (AvgIpc) is 3.78. The van der Waals surface area contributed by atoms with Crippen molar-refractivity contribution in [3.63, 3.8) is 0 Å². The Morgan fingerprint density at radius 3 is 2.60 bits per heavy atom. The number of benzene rings is 2. The molecule has 4 atom stereocenters. The van der Waals surface area contributed by atoms with Crippen molar-refractivity contribution in [2.75, 3.05) is 18.9 Å². The standard InChI is InChI=1S/C32H35N7O7S/c1-5-34-29(40)25-24-26(46-32(3,4)45-24)30(44-25)38-17-35-23-27(33)36-31(37-28(23)38)43-15-14-19-16-39(22-9-7-6-8-21(19)22)47(41,42)20-12-10-18(2)11-13-20/h6-13,16-17,24-26,30H,5,14-15H2,1-4H3,(H,34,40)(H2,33,36,37)/t24-,25+,26-,30-/m1/s1. The van der Waals surface area contributed by atoms with Gasteiger partial charge in [0.1, 0.15) is 12.2 Å². The Kier molecular flexibility index (Phi) is 7.66. The topological polar surface area (TPSA) is 175 Å². The van der Waals surface area contributed by atoms with E-state index in [2.05, 4.69) is 20.3 Å². The lowest BCUT2D eigenvalue weighted by Crippen LogP contribution is -2.42. The molecule has 0 saturated carbocycles. The first-order chi connectivity index (χ1) is 22.5. The smallest absolute Gasteiger partial charge is 0.320 e. The van der Waals surface area contributed by atoms with Gasteiger partial charge in [-0.25, -0.2) is 17.4 Å². The Bertz CT molecular complexity index is 2090. The van der Waals surface area contributed by atoms with Crippen LogP contribution in [0, 0.1) is 6.92 Å². The van der Waals surface area contributed by atoms with Crippen LogP contribution in [0.3, 0.4) is 0 Å². The molecule has 47 heavy (non-hydrogen) atoms. The van der Waals surface area contributed by atoms with Crippen molar-refractivity contribution < 1.29 is 32.2 Å². The van der Waals surface area contributed by atoms with E-state index in [9.17, 15) is 13.2 Å². The molecule has 0 aliphatic carbocycles. The van der Waals surface area contributed by atoms with Gasteiger partial charge in [0.15, 0.2) is 35.1 Å². The molecule has 5 aromatic rings. The van der Waals surface area contributed by atoms with Gasteiger partial charge in [-0.1, -0.05) is 35.9 Å². The number of para-hydroxylation sites is 1. The number of fused-ring (bicyclic) bond motifs is 3. The molecule has 1 amide bonds. The third-order valence-corrected chi connectivity index (χ3v) is 9.97. The molecule has 3 N–H and O–H groups in total. The summed E-state index contributed by atoms with van der Waals surface area (Å²) in [5.41, 5.74) is 9.25. The SMILES string of the molecule is CCNC(=O)[C@H]1O[C@@H](n2cnc3c(N)nc(OCCc4cn(S(=O)(=O)c5ccc(C)cc5)c5ccccc45)nc32)[C@@H]2OC(C)(C)O[C@@H]21. The van der Waals surface area contributed by atoms with Crippen molar-refractivity contribution >= 4 is 43.8 Å². The van der Waals surface area contributed by atoms with Gasteiger partial charge in [0.25, 0.3) is 15.9 Å². The number of nitrogens with zero attached hydrogens (tertiary/aromatic N) is 5. The number of aryl methyl sites for hydroxylation is 1. The monoisotopic (exact) mass is 661 g/mol. The van der Waals surface area contributed by atoms with Gasteiger partial charge in [-0.15, -0.1) is 0 Å². The van der Waals surface area contributed by atoms with Gasteiger partial charge in [-0.3, -0.25) is 9.36 Å². The predicted octanol–water partition coefficient (Wildman–Crippen LogP) is 3.08. The minimum atomic E-state index is -3.83. The lowest BCUT2D eigenvalue weighted by molar-refractivity contribution is -0.197. The summed E-state index contributed by atoms with van der Waals surface area (Å²) < 4.78 is 54.5. The summed E-state index contributed by atoms with van der Waals surface area (Å²) in [5.74, 6) is -1.13. The molecule has 14 nitrogen and oxygen atoms in total. The lowest BCUT2D eigenvalue weighted by atomic mass is 10.1. The lowest BCUT2D eigenvalue weighted by Gasteiger charge is -2.24. The van der Waals surface area contributed by atoms with E-state index in [0.717, 1.165) is 16.5 Å². The summed E-state index contributed by atoms with van der Waals surface area (Å²) >= 11 is 0. The van der Waals surface area contributed by atoms with E-state index in [1.165, 1.54) is 10.3 Å². The zero-order valence-electron chi connectivity index (χ0n) is 26.3. The summed E-state index contributed by atoms with van der Waals surface area (Å²) in [4.78, 5) is 26.3. The second-order valence-corrected chi connectivity index (χ2v) is 13.8. The molecule has 2 aliphatic rings. The number of nitrogens with one attached hydrogen (secondary N) is 1. The predicted molar refractivity (Wildman–Crippen MR) is 171 cm³/mol. The second-order valence-electron chi connectivity index (χ2n) is 12.0. The van der Waals surface area contributed by atoms with E-state index in [0.29, 0.717) is 29.6 Å². The number of carbonyl (C=O) groups is 1. The summed E-state index contributed by atoms with van der Waals surface area (Å²) in [6, 6.07) is 14.1. The van der Waals surface area contributed by atoms with Crippen LogP contribution >= 0.6 is 0 Å². The molecule has 2 aliphatic heterocycles. The van der Waals surface area contributed by atoms with E-state index in [1.807, 2.05) is 26.0 Å². The van der Waals surface area contributed by atoms with Crippen molar-refractivity contribution in [1.82, 2.24) is 28.8 Å². The molecular formula is C32H35N7O7S. The number of aromatic nitrogens is 5. The van der Waals surface area contributed by atoms with Gasteiger partial charge < -0.3 is 30.0 Å². The zero-order chi connectivity index (χ0) is 33.1. The van der Waals surface area contributed by atoms with Crippen molar-refractivity contribution in [3.8, 4) is 6.01 Å². The quantitative estimate of drug-likeness (QED) is 0.238. The van der Waals surface area contributed by atoms with Gasteiger partial charge in [-0.05, 0) is 51.5 Å². The van der Waals surface area contributed by atoms with Gasteiger partial charge in [0.2, 0.25) is 0 Å². The van der Waals surface area contributed by atoms with Crippen LogP contribution in [0.1, 0.15) is 38.1 Å². The van der Waals surface area contributed by atoms with Gasteiger partial charge in [0, 0.05) is 24.5 Å². The molecule has 3 aromatic heterocycles. The summed E-state index contributed by atoms with van der Waals surface area (Å²) in [7, 11) is -3.83. The first kappa shape index (κ1) is 31.1. The highest BCUT2D eigenvalue weighted by atomic mass is 32.2. The van der Waals surface area contributed by atoms with Crippen molar-refractivity contribution in [2.45, 2.75) is 69.3 Å². The number of likely N-dealkylation sites (N-methyl/N-ethyl adjacent to an activating group) is 1. The molecule has 246 valence electrons. The first-order valence-corrected chi connectivity index (χ1v) is 16.7. The molecule has 0 radical (unpaired) electrons. The van der Waals surface area contributed by atoms with E-state index in [4.69, 9.17) is 24.7 Å². The molecular weight excluding hydrogens is 626 g/mol. The fourth-order valence-corrected chi connectivity index (χ4v) is 7.54. The summed E-state index contributed by atoms with van der Waals surface area (Å²) in [6.07, 6.45) is 0.538. The Morgan fingerprint density at radius 2 is 1.83 bits per heavy atom. The van der Waals surface area contributed by atoms with E-state index < -0.39 is 40.4 Å². The van der Waals surface area contributed by atoms with Crippen LogP contribution in [-0.4, -0.2) is 75.1 Å². The second kappa shape index (κ2) is 11.6. The maximum atomic E-state index is 13.6. The highest BCUT2D eigenvalue weighted by Crippen LogP contribution is 2.44. The number of carbonyl (C=O) groups excluding carboxylic acids is 1. The third kappa shape index (κ3) is 5.48. The minimum Gasteiger partial charge on any atom is -0.463 e. The first-order valence-electron chi connectivity index (χ1n) is 15.3. The molecule has 2 saturated heterocycles. The Balaban J connectivity index is 1.14. The van der Waals surface area contributed by atoms with E-state index in [1.54, 1.807) is 61.0 Å². The van der Waals surface area contributed by atoms with Gasteiger partial charge in [0.05, 0.1) is 23.3 Å². The van der Waals surface area contributed by atoms with Crippen molar-refractivity contribution in [3.05, 3.63) is 72.2 Å². The van der Waals surface area contributed by atoms with Crippen molar-refractivity contribution in [1.29, 1.82) is 0 Å². The number of anilines is 1. The fraction of sp³-hybridized carbons (Fsp3) is 0.375. The summed E-state index contributed by atoms with van der Waals surface area (Å²) in [6.45, 7) is 7.87. The van der Waals surface area contributed by atoms with E-state index in [-0.39, 0.29) is 29.2 Å². The number of hydrogen-bond acceptors (Lipinski definition) is 11. The van der Waals surface area contributed by atoms with Crippen LogP contribution in [0.25, 0.3) is 22.1 Å². The summed E-state index contributed by atoms with van der Waals surface area (Å²) in [5, 5.41) is 3.58. The zero-order valence-corrected chi connectivity index (χ0v) is 27.1. The van der Waals surface area contributed by atoms with Crippen LogP contribution in [-0.2, 0) is 35.4 Å². The van der Waals surface area contributed by atoms with Gasteiger partial charge >= 0.3 is 6.01 Å². The average molecular weight is 662 g/mol. The molecule has 0 unspecified atom stereocenters. The number of rotatable bonds is 9. The maximum Gasteiger partial charge on any atom is 0.320 e. The molecule has 5 heterocycles. The third-order valence-electron chi connectivity index (χ3n) is 8.28. The maximum absolute atomic E-state index is 13.6. The fourth-order valence-electron chi connectivity index (χ4n) is 6.15. The molecule has 7 rings (SSSR count). The van der Waals surface area contributed by atoms with Crippen LogP contribution in [0.4, 0.5) is 5.82 Å². The highest BCUT2D eigenvalue weighted by molar-refractivity contribution is 7.90. The molecule has 2 aromatic carbocycles. The minimum absolute atomic E-state index is 0.00603. The van der Waals surface area contributed by atoms with Crippen LogP contribution in [0.2, 0.25) is 0 Å². The Hall–Kier alpha value is -4.57. The molecule has 0 bridgehead atoms. The molecule has 0 spiro atoms. The Morgan fingerprint density at radius 1 is 1.09 bits per heavy atom. The molecule has 2 fully saturated rings. The number of amides is 1. The highest BCUT2D eigenvalue weighted by Gasteiger charge is 2.58. The number of nitrogen functional groups attached to an aromatic ring is 1. The Labute approximate surface area is 270 Å². The largest absolute Gasteiger partial charge is 0.463 e.